The van der Waals surface area contributed by atoms with E-state index in [1.165, 1.54) is 4.68 Å². The Morgan fingerprint density at radius 1 is 1.27 bits per heavy atom. The Balaban J connectivity index is 1.50. The summed E-state index contributed by atoms with van der Waals surface area (Å²) in [4.78, 5) is 25.5. The highest BCUT2D eigenvalue weighted by Crippen LogP contribution is 2.24. The molecule has 0 aromatic carbocycles. The number of fused-ring (bicyclic) bond motifs is 1. The summed E-state index contributed by atoms with van der Waals surface area (Å²) in [5.74, 6) is -0.145. The van der Waals surface area contributed by atoms with Crippen molar-refractivity contribution in [3.05, 3.63) is 57.0 Å². The van der Waals surface area contributed by atoms with Gasteiger partial charge >= 0.3 is 0 Å². The summed E-state index contributed by atoms with van der Waals surface area (Å²) in [6, 6.07) is 7.38. The Morgan fingerprint density at radius 3 is 2.88 bits per heavy atom. The molecule has 1 amide bonds. The first-order valence-electron chi connectivity index (χ1n) is 8.46. The molecule has 8 heteroatoms. The lowest BCUT2D eigenvalue weighted by Crippen LogP contribution is -2.40. The first-order valence-corrected chi connectivity index (χ1v) is 9.34. The molecular weight excluding hydrogens is 350 g/mol. The lowest BCUT2D eigenvalue weighted by atomic mass is 9.92. The molecule has 0 radical (unpaired) electrons. The van der Waals surface area contributed by atoms with Gasteiger partial charge in [-0.2, -0.15) is 10.2 Å². The summed E-state index contributed by atoms with van der Waals surface area (Å²) in [5, 5.41) is 13.8. The van der Waals surface area contributed by atoms with Crippen molar-refractivity contribution in [1.82, 2.24) is 24.9 Å². The number of hydrogen-bond acceptors (Lipinski definition) is 5. The highest BCUT2D eigenvalue weighted by Gasteiger charge is 2.24. The van der Waals surface area contributed by atoms with Crippen molar-refractivity contribution in [3.8, 4) is 10.6 Å². The Morgan fingerprint density at radius 2 is 2.12 bits per heavy atom. The number of aromatic nitrogens is 4. The molecule has 4 rings (SSSR count). The first kappa shape index (κ1) is 16.7. The number of nitrogens with zero attached hydrogens (tertiary/aromatic N) is 4. The number of nitrogens with one attached hydrogen (secondary N) is 1. The second-order valence-electron chi connectivity index (χ2n) is 6.51. The number of hydrogen-bond donors (Lipinski definition) is 1. The molecule has 3 heterocycles. The van der Waals surface area contributed by atoms with Gasteiger partial charge in [-0.3, -0.25) is 14.3 Å². The van der Waals surface area contributed by atoms with Crippen LogP contribution in [0.15, 0.2) is 34.4 Å². The standard InChI is InChI=1S/C18H19N5O2S/c1-22-15(10-14(21-22)16-4-3-7-26-16)18(25)19-12-5-6-13-11(8-12)9-17(24)23(2)20-13/h3-4,7,9-10,12H,5-6,8H2,1-2H3,(H,19,25). The molecule has 3 aromatic rings. The SMILES string of the molecule is Cn1nc(-c2cccs2)cc1C(=O)NC1CCc2nn(C)c(=O)cc2C1. The van der Waals surface area contributed by atoms with Gasteiger partial charge in [0.1, 0.15) is 11.4 Å². The summed E-state index contributed by atoms with van der Waals surface area (Å²) in [6.07, 6.45) is 2.18. The van der Waals surface area contributed by atoms with E-state index in [2.05, 4.69) is 15.5 Å². The minimum Gasteiger partial charge on any atom is -0.348 e. The van der Waals surface area contributed by atoms with Crippen LogP contribution >= 0.6 is 11.3 Å². The molecule has 1 atom stereocenters. The van der Waals surface area contributed by atoms with E-state index in [0.29, 0.717) is 12.1 Å². The van der Waals surface area contributed by atoms with Crippen LogP contribution < -0.4 is 10.9 Å². The van der Waals surface area contributed by atoms with E-state index in [-0.39, 0.29) is 17.5 Å². The van der Waals surface area contributed by atoms with Crippen molar-refractivity contribution in [1.29, 1.82) is 0 Å². The third-order valence-electron chi connectivity index (χ3n) is 4.68. The summed E-state index contributed by atoms with van der Waals surface area (Å²) < 4.78 is 2.97. The predicted molar refractivity (Wildman–Crippen MR) is 99.3 cm³/mol. The van der Waals surface area contributed by atoms with E-state index in [1.807, 2.05) is 23.6 Å². The summed E-state index contributed by atoms with van der Waals surface area (Å²) >= 11 is 1.59. The highest BCUT2D eigenvalue weighted by atomic mass is 32.1. The van der Waals surface area contributed by atoms with Crippen LogP contribution in [-0.2, 0) is 26.9 Å². The molecule has 1 aliphatic carbocycles. The van der Waals surface area contributed by atoms with Crippen molar-refractivity contribution < 1.29 is 4.79 Å². The van der Waals surface area contributed by atoms with Gasteiger partial charge < -0.3 is 5.32 Å². The van der Waals surface area contributed by atoms with Crippen LogP contribution in [0, 0.1) is 0 Å². The molecule has 1 aliphatic rings. The number of aryl methyl sites for hydroxylation is 3. The molecule has 0 bridgehead atoms. The quantitative estimate of drug-likeness (QED) is 0.759. The molecule has 0 saturated heterocycles. The zero-order chi connectivity index (χ0) is 18.3. The van der Waals surface area contributed by atoms with Crippen molar-refractivity contribution in [3.63, 3.8) is 0 Å². The lowest BCUT2D eigenvalue weighted by Gasteiger charge is -2.24. The van der Waals surface area contributed by atoms with Crippen LogP contribution in [0.2, 0.25) is 0 Å². The molecule has 1 N–H and O–H groups in total. The number of rotatable bonds is 3. The largest absolute Gasteiger partial charge is 0.348 e. The molecule has 3 aromatic heterocycles. The van der Waals surface area contributed by atoms with Crippen molar-refractivity contribution in [2.75, 3.05) is 0 Å². The van der Waals surface area contributed by atoms with Gasteiger partial charge in [-0.1, -0.05) is 6.07 Å². The fraction of sp³-hybridized carbons (Fsp3) is 0.333. The van der Waals surface area contributed by atoms with Crippen molar-refractivity contribution in [2.45, 2.75) is 25.3 Å². The van der Waals surface area contributed by atoms with Gasteiger partial charge in [0, 0.05) is 26.2 Å². The number of carbonyl (C=O) groups excluding carboxylic acids is 1. The van der Waals surface area contributed by atoms with E-state index in [1.54, 1.807) is 36.2 Å². The summed E-state index contributed by atoms with van der Waals surface area (Å²) in [7, 11) is 3.43. The van der Waals surface area contributed by atoms with E-state index in [4.69, 9.17) is 0 Å². The Labute approximate surface area is 154 Å². The molecule has 26 heavy (non-hydrogen) atoms. The second-order valence-corrected chi connectivity index (χ2v) is 7.45. The monoisotopic (exact) mass is 369 g/mol. The van der Waals surface area contributed by atoms with Crippen LogP contribution in [0.5, 0.6) is 0 Å². The zero-order valence-corrected chi connectivity index (χ0v) is 15.4. The van der Waals surface area contributed by atoms with Gasteiger partial charge in [-0.15, -0.1) is 11.3 Å². The average Bonchev–Trinajstić information content (AvgIpc) is 3.25. The Kier molecular flexibility index (Phi) is 4.20. The maximum atomic E-state index is 12.7. The molecule has 0 aliphatic heterocycles. The van der Waals surface area contributed by atoms with E-state index in [0.717, 1.165) is 34.7 Å². The highest BCUT2D eigenvalue weighted by molar-refractivity contribution is 7.13. The van der Waals surface area contributed by atoms with Gasteiger partial charge in [-0.05, 0) is 42.3 Å². The van der Waals surface area contributed by atoms with Crippen LogP contribution in [0.1, 0.15) is 28.2 Å². The van der Waals surface area contributed by atoms with Crippen molar-refractivity contribution in [2.24, 2.45) is 14.1 Å². The van der Waals surface area contributed by atoms with Crippen LogP contribution in [0.3, 0.4) is 0 Å². The van der Waals surface area contributed by atoms with Gasteiger partial charge in [0.2, 0.25) is 0 Å². The van der Waals surface area contributed by atoms with Crippen LogP contribution in [-0.4, -0.2) is 31.5 Å². The summed E-state index contributed by atoms with van der Waals surface area (Å²) in [6.45, 7) is 0. The predicted octanol–water partition coefficient (Wildman–Crippen LogP) is 1.53. The van der Waals surface area contributed by atoms with Gasteiger partial charge in [-0.25, -0.2) is 4.68 Å². The van der Waals surface area contributed by atoms with E-state index in [9.17, 15) is 9.59 Å². The van der Waals surface area contributed by atoms with Gasteiger partial charge in [0.15, 0.2) is 0 Å². The number of amides is 1. The minimum absolute atomic E-state index is 0.0102. The lowest BCUT2D eigenvalue weighted by molar-refractivity contribution is 0.0924. The number of carbonyl (C=O) groups is 1. The summed E-state index contributed by atoms with van der Waals surface area (Å²) in [5.41, 5.74) is 3.07. The fourth-order valence-corrected chi connectivity index (χ4v) is 3.97. The maximum Gasteiger partial charge on any atom is 0.269 e. The zero-order valence-electron chi connectivity index (χ0n) is 14.6. The molecule has 7 nitrogen and oxygen atoms in total. The van der Waals surface area contributed by atoms with Gasteiger partial charge in [0.05, 0.1) is 10.6 Å². The second kappa shape index (κ2) is 6.53. The van der Waals surface area contributed by atoms with E-state index < -0.39 is 0 Å². The average molecular weight is 369 g/mol. The third-order valence-corrected chi connectivity index (χ3v) is 5.57. The van der Waals surface area contributed by atoms with E-state index >= 15 is 0 Å². The molecule has 1 unspecified atom stereocenters. The first-order chi connectivity index (χ1) is 12.5. The third kappa shape index (κ3) is 3.08. The minimum atomic E-state index is -0.145. The molecule has 0 saturated carbocycles. The molecule has 134 valence electrons. The molecule has 0 spiro atoms. The molecular formula is C18H19N5O2S. The van der Waals surface area contributed by atoms with Crippen LogP contribution in [0.4, 0.5) is 0 Å². The Hall–Kier alpha value is -2.74. The smallest absolute Gasteiger partial charge is 0.269 e. The normalized spacial score (nSPS) is 16.3. The maximum absolute atomic E-state index is 12.7. The van der Waals surface area contributed by atoms with Gasteiger partial charge in [0.25, 0.3) is 11.5 Å². The van der Waals surface area contributed by atoms with Crippen LogP contribution in [0.25, 0.3) is 10.6 Å². The van der Waals surface area contributed by atoms with Crippen molar-refractivity contribution >= 4 is 17.2 Å². The number of thiophene rings is 1. The fourth-order valence-electron chi connectivity index (χ4n) is 3.29. The topological polar surface area (TPSA) is 81.8 Å². The Bertz CT molecular complexity index is 1020. The molecule has 0 fully saturated rings.